The molecule has 0 spiro atoms. The number of phosphoric ester groups is 1. The van der Waals surface area contributed by atoms with Crippen LogP contribution in [0.25, 0.3) is 0 Å². The monoisotopic (exact) mass is 647 g/mol. The van der Waals surface area contributed by atoms with E-state index in [0.717, 1.165) is 57.8 Å². The highest BCUT2D eigenvalue weighted by Crippen LogP contribution is 2.43. The van der Waals surface area contributed by atoms with Gasteiger partial charge in [-0.25, -0.2) is 4.57 Å². The van der Waals surface area contributed by atoms with E-state index < -0.39 is 26.5 Å². The first-order chi connectivity index (χ1) is 21.3. The highest BCUT2D eigenvalue weighted by molar-refractivity contribution is 7.47. The fourth-order valence-electron chi connectivity index (χ4n) is 4.73. The second-order valence-electron chi connectivity index (χ2n) is 11.7. The maximum absolute atomic E-state index is 12.4. The van der Waals surface area contributed by atoms with Crippen LogP contribution in [0.1, 0.15) is 162 Å². The van der Waals surface area contributed by atoms with Gasteiger partial charge in [0.05, 0.1) is 13.2 Å². The maximum atomic E-state index is 12.4. The van der Waals surface area contributed by atoms with Crippen molar-refractivity contribution in [3.05, 3.63) is 12.2 Å². The standard InChI is InChI=1S/C34H66NO8P/c1-3-5-7-9-11-13-15-17-18-20-22-24-26-33(36)40-30-32(31-42-44(38,39)41-29-28-35)43-34(37)27-25-23-21-19-16-14-12-10-8-6-4-2/h10,12,32H,3-9,11,13-31,35H2,1-2H3,(H,38,39). The molecule has 0 aliphatic carbocycles. The third-order valence-electron chi connectivity index (χ3n) is 7.40. The molecule has 0 aromatic rings. The number of hydrogen-bond donors (Lipinski definition) is 2. The molecule has 3 N–H and O–H groups in total. The van der Waals surface area contributed by atoms with Gasteiger partial charge in [0, 0.05) is 19.4 Å². The second kappa shape index (κ2) is 31.7. The summed E-state index contributed by atoms with van der Waals surface area (Å²) in [6.45, 7) is 3.66. The average Bonchev–Trinajstić information content (AvgIpc) is 3.00. The molecule has 9 nitrogen and oxygen atoms in total. The van der Waals surface area contributed by atoms with Crippen molar-refractivity contribution in [1.82, 2.24) is 0 Å². The van der Waals surface area contributed by atoms with Gasteiger partial charge in [-0.2, -0.15) is 0 Å². The predicted octanol–water partition coefficient (Wildman–Crippen LogP) is 9.10. The lowest BCUT2D eigenvalue weighted by Gasteiger charge is -2.19. The zero-order valence-electron chi connectivity index (χ0n) is 28.2. The molecule has 0 amide bonds. The van der Waals surface area contributed by atoms with Gasteiger partial charge in [0.25, 0.3) is 0 Å². The number of allylic oxidation sites excluding steroid dienone is 2. The molecule has 0 radical (unpaired) electrons. The van der Waals surface area contributed by atoms with Gasteiger partial charge in [0.15, 0.2) is 6.10 Å². The topological polar surface area (TPSA) is 134 Å². The summed E-state index contributed by atoms with van der Waals surface area (Å²) >= 11 is 0. The number of phosphoric acid groups is 1. The van der Waals surface area contributed by atoms with E-state index in [4.69, 9.17) is 24.3 Å². The minimum absolute atomic E-state index is 0.0543. The number of nitrogens with two attached hydrogens (primary N) is 1. The van der Waals surface area contributed by atoms with Crippen LogP contribution in [0, 0.1) is 0 Å². The molecule has 44 heavy (non-hydrogen) atoms. The molecular formula is C34H66NO8P. The Morgan fingerprint density at radius 3 is 1.68 bits per heavy atom. The smallest absolute Gasteiger partial charge is 0.462 e. The van der Waals surface area contributed by atoms with Gasteiger partial charge < -0.3 is 20.1 Å². The Morgan fingerprint density at radius 2 is 1.14 bits per heavy atom. The molecule has 0 saturated heterocycles. The van der Waals surface area contributed by atoms with E-state index in [2.05, 4.69) is 26.0 Å². The average molecular weight is 648 g/mol. The fraction of sp³-hybridized carbons (Fsp3) is 0.882. The number of unbranched alkanes of at least 4 members (excludes halogenated alkanes) is 18. The molecule has 0 aliphatic heterocycles. The maximum Gasteiger partial charge on any atom is 0.472 e. The molecule has 0 aromatic heterocycles. The number of carbonyl (C=O) groups excluding carboxylic acids is 2. The number of esters is 2. The van der Waals surface area contributed by atoms with Gasteiger partial charge in [-0.05, 0) is 32.1 Å². The van der Waals surface area contributed by atoms with Crippen LogP contribution in [-0.2, 0) is 32.7 Å². The summed E-state index contributed by atoms with van der Waals surface area (Å²) in [7, 11) is -4.36. The van der Waals surface area contributed by atoms with Crippen LogP contribution in [0.2, 0.25) is 0 Å². The normalized spacial score (nSPS) is 13.6. The molecule has 0 saturated carbocycles. The van der Waals surface area contributed by atoms with Crippen molar-refractivity contribution in [2.75, 3.05) is 26.4 Å². The first kappa shape index (κ1) is 42.8. The Bertz CT molecular complexity index is 749. The Kier molecular flexibility index (Phi) is 30.8. The van der Waals surface area contributed by atoms with Gasteiger partial charge in [-0.15, -0.1) is 0 Å². The van der Waals surface area contributed by atoms with Crippen LogP contribution in [0.3, 0.4) is 0 Å². The van der Waals surface area contributed by atoms with Gasteiger partial charge in [0.1, 0.15) is 6.61 Å². The lowest BCUT2D eigenvalue weighted by atomic mass is 10.0. The molecule has 0 bridgehead atoms. The van der Waals surface area contributed by atoms with Crippen molar-refractivity contribution >= 4 is 19.8 Å². The van der Waals surface area contributed by atoms with Crippen molar-refractivity contribution in [1.29, 1.82) is 0 Å². The number of ether oxygens (including phenoxy) is 2. The highest BCUT2D eigenvalue weighted by Gasteiger charge is 2.25. The molecular weight excluding hydrogens is 581 g/mol. The first-order valence-electron chi connectivity index (χ1n) is 17.7. The van der Waals surface area contributed by atoms with E-state index in [0.29, 0.717) is 6.42 Å². The van der Waals surface area contributed by atoms with Gasteiger partial charge >= 0.3 is 19.8 Å². The fourth-order valence-corrected chi connectivity index (χ4v) is 5.50. The van der Waals surface area contributed by atoms with Crippen LogP contribution in [-0.4, -0.2) is 49.3 Å². The number of rotatable bonds is 33. The Hall–Kier alpha value is -1.25. The number of carbonyl (C=O) groups is 2. The van der Waals surface area contributed by atoms with Crippen molar-refractivity contribution in [3.8, 4) is 0 Å². The third-order valence-corrected chi connectivity index (χ3v) is 8.39. The summed E-state index contributed by atoms with van der Waals surface area (Å²) in [5.74, 6) is -0.838. The van der Waals surface area contributed by atoms with E-state index in [1.807, 2.05) is 0 Å². The summed E-state index contributed by atoms with van der Waals surface area (Å²) in [5, 5.41) is 0. The van der Waals surface area contributed by atoms with Crippen LogP contribution in [0.15, 0.2) is 12.2 Å². The predicted molar refractivity (Wildman–Crippen MR) is 178 cm³/mol. The van der Waals surface area contributed by atoms with Crippen molar-refractivity contribution in [2.45, 2.75) is 168 Å². The summed E-state index contributed by atoms with van der Waals surface area (Å²) in [4.78, 5) is 34.5. The summed E-state index contributed by atoms with van der Waals surface area (Å²) in [5.41, 5.74) is 5.31. The molecule has 0 fully saturated rings. The van der Waals surface area contributed by atoms with E-state index >= 15 is 0 Å². The quantitative estimate of drug-likeness (QED) is 0.0309. The molecule has 2 atom stereocenters. The molecule has 0 rings (SSSR count). The zero-order valence-corrected chi connectivity index (χ0v) is 29.0. The van der Waals surface area contributed by atoms with Crippen LogP contribution in [0.4, 0.5) is 0 Å². The lowest BCUT2D eigenvalue weighted by Crippen LogP contribution is -2.29. The van der Waals surface area contributed by atoms with Crippen molar-refractivity contribution in [3.63, 3.8) is 0 Å². The molecule has 0 aromatic carbocycles. The van der Waals surface area contributed by atoms with Crippen LogP contribution < -0.4 is 5.73 Å². The SMILES string of the molecule is CCCCC=CCCCCCCCC(=O)OC(COC(=O)CCCCCCCCCCCCCC)COP(=O)(O)OCCN. The van der Waals surface area contributed by atoms with Gasteiger partial charge in [-0.1, -0.05) is 129 Å². The van der Waals surface area contributed by atoms with E-state index in [1.54, 1.807) is 0 Å². The molecule has 2 unspecified atom stereocenters. The van der Waals surface area contributed by atoms with Crippen LogP contribution in [0.5, 0.6) is 0 Å². The highest BCUT2D eigenvalue weighted by atomic mass is 31.2. The van der Waals surface area contributed by atoms with Gasteiger partial charge in [0.2, 0.25) is 0 Å². The molecule has 0 aliphatic rings. The molecule has 260 valence electrons. The molecule has 10 heteroatoms. The van der Waals surface area contributed by atoms with Gasteiger partial charge in [-0.3, -0.25) is 18.6 Å². The summed E-state index contributed by atoms with van der Waals surface area (Å²) < 4.78 is 32.5. The minimum atomic E-state index is -4.36. The Labute approximate surface area is 269 Å². The Balaban J connectivity index is 4.26. The second-order valence-corrected chi connectivity index (χ2v) is 13.2. The van der Waals surface area contributed by atoms with E-state index in [-0.39, 0.29) is 38.6 Å². The molecule has 0 heterocycles. The summed E-state index contributed by atoms with van der Waals surface area (Å²) in [6.07, 6.45) is 28.1. The van der Waals surface area contributed by atoms with Crippen LogP contribution >= 0.6 is 7.82 Å². The van der Waals surface area contributed by atoms with Crippen molar-refractivity contribution < 1.29 is 37.6 Å². The summed E-state index contributed by atoms with van der Waals surface area (Å²) in [6, 6.07) is 0. The largest absolute Gasteiger partial charge is 0.472 e. The third kappa shape index (κ3) is 30.8. The zero-order chi connectivity index (χ0) is 32.6. The minimum Gasteiger partial charge on any atom is -0.462 e. The number of hydrogen-bond acceptors (Lipinski definition) is 8. The Morgan fingerprint density at radius 1 is 0.659 bits per heavy atom. The van der Waals surface area contributed by atoms with E-state index in [9.17, 15) is 19.0 Å². The first-order valence-corrected chi connectivity index (χ1v) is 19.2. The van der Waals surface area contributed by atoms with E-state index in [1.165, 1.54) is 70.6 Å². The van der Waals surface area contributed by atoms with Crippen molar-refractivity contribution in [2.24, 2.45) is 5.73 Å². The lowest BCUT2D eigenvalue weighted by molar-refractivity contribution is -0.161.